The Bertz CT molecular complexity index is 1510. The number of aromatic nitrogens is 5. The fourth-order valence-corrected chi connectivity index (χ4v) is 5.28. The number of aromatic carboxylic acids is 1. The summed E-state index contributed by atoms with van der Waals surface area (Å²) in [5.74, 6) is 0.213. The number of carboxylic acid groups (broad SMARTS) is 1. The van der Waals surface area contributed by atoms with Crippen molar-refractivity contribution in [2.75, 3.05) is 55.6 Å². The first kappa shape index (κ1) is 24.1. The van der Waals surface area contributed by atoms with Crippen molar-refractivity contribution in [3.8, 4) is 11.6 Å². The maximum absolute atomic E-state index is 14.5. The van der Waals surface area contributed by atoms with E-state index in [2.05, 4.69) is 29.9 Å². The highest BCUT2D eigenvalue weighted by Gasteiger charge is 2.27. The number of hydrogen-bond donors (Lipinski definition) is 2. The predicted octanol–water partition coefficient (Wildman–Crippen LogP) is 1.95. The SMILES string of the molecule is O=C(O)c1ccc(N2CCN(C[C@@H]3CCCN(c4nc5nc(-c6ccco6)nn5c(=O)[nH]4)C3)CC2)c(F)c1. The van der Waals surface area contributed by atoms with Gasteiger partial charge in [-0.3, -0.25) is 9.88 Å². The van der Waals surface area contributed by atoms with Crippen molar-refractivity contribution in [3.05, 3.63) is 58.5 Å². The number of anilines is 2. The van der Waals surface area contributed by atoms with Gasteiger partial charge >= 0.3 is 11.7 Å². The van der Waals surface area contributed by atoms with E-state index in [1.54, 1.807) is 18.2 Å². The van der Waals surface area contributed by atoms with Crippen LogP contribution in [-0.2, 0) is 0 Å². The Kier molecular flexibility index (Phi) is 6.27. The first-order chi connectivity index (χ1) is 18.4. The van der Waals surface area contributed by atoms with E-state index in [0.717, 1.165) is 56.1 Å². The molecule has 6 rings (SSSR count). The quantitative estimate of drug-likeness (QED) is 0.387. The molecule has 2 N–H and O–H groups in total. The Morgan fingerprint density at radius 1 is 1.13 bits per heavy atom. The Morgan fingerprint density at radius 3 is 2.71 bits per heavy atom. The lowest BCUT2D eigenvalue weighted by molar-refractivity contribution is 0.0696. The van der Waals surface area contributed by atoms with Crippen LogP contribution in [0.5, 0.6) is 0 Å². The van der Waals surface area contributed by atoms with E-state index in [0.29, 0.717) is 42.2 Å². The topological polar surface area (TPSA) is 136 Å². The van der Waals surface area contributed by atoms with Gasteiger partial charge in [0.15, 0.2) is 5.76 Å². The second kappa shape index (κ2) is 9.89. The zero-order valence-corrected chi connectivity index (χ0v) is 20.6. The van der Waals surface area contributed by atoms with Crippen LogP contribution in [0.1, 0.15) is 23.2 Å². The summed E-state index contributed by atoms with van der Waals surface area (Å²) in [6.45, 7) is 5.33. The molecule has 2 aliphatic heterocycles. The van der Waals surface area contributed by atoms with Crippen LogP contribution in [-0.4, -0.2) is 86.4 Å². The summed E-state index contributed by atoms with van der Waals surface area (Å²) < 4.78 is 21.0. The standard InChI is InChI=1S/C25H27FN8O4/c26-18-13-17(22(35)36)5-6-19(18)32-10-8-31(9-11-32)14-16-3-1-7-33(15-16)23-28-24-27-21(20-4-2-12-38-20)30-34(24)25(37)29-23/h2,4-6,12-13,16H,1,3,7-11,14-15H2,(H,35,36)(H,27,28,29,30,37)/t16-/m0/s1. The molecule has 2 saturated heterocycles. The van der Waals surface area contributed by atoms with Crippen LogP contribution in [0.25, 0.3) is 17.4 Å². The van der Waals surface area contributed by atoms with Gasteiger partial charge in [0.2, 0.25) is 11.8 Å². The Hall–Kier alpha value is -4.26. The average molecular weight is 523 g/mol. The molecule has 2 fully saturated rings. The molecule has 4 aromatic rings. The largest absolute Gasteiger partial charge is 0.478 e. The second-order valence-corrected chi connectivity index (χ2v) is 9.70. The third-order valence-electron chi connectivity index (χ3n) is 7.19. The van der Waals surface area contributed by atoms with Gasteiger partial charge in [0, 0.05) is 45.8 Å². The number of halogens is 1. The number of benzene rings is 1. The second-order valence-electron chi connectivity index (χ2n) is 9.70. The number of nitrogens with zero attached hydrogens (tertiary/aromatic N) is 7. The molecule has 0 saturated carbocycles. The molecule has 2 aliphatic rings. The van der Waals surface area contributed by atoms with Crippen LogP contribution in [0.2, 0.25) is 0 Å². The van der Waals surface area contributed by atoms with Gasteiger partial charge in [-0.15, -0.1) is 9.61 Å². The van der Waals surface area contributed by atoms with Gasteiger partial charge in [-0.05, 0) is 49.1 Å². The van der Waals surface area contributed by atoms with E-state index in [1.165, 1.54) is 12.3 Å². The van der Waals surface area contributed by atoms with Crippen LogP contribution >= 0.6 is 0 Å². The van der Waals surface area contributed by atoms with E-state index < -0.39 is 17.5 Å². The summed E-state index contributed by atoms with van der Waals surface area (Å²) in [6, 6.07) is 7.52. The van der Waals surface area contributed by atoms with Gasteiger partial charge in [0.1, 0.15) is 5.82 Å². The van der Waals surface area contributed by atoms with Crippen LogP contribution in [0.3, 0.4) is 0 Å². The Morgan fingerprint density at radius 2 is 1.97 bits per heavy atom. The van der Waals surface area contributed by atoms with Crippen LogP contribution in [0, 0.1) is 11.7 Å². The maximum Gasteiger partial charge on any atom is 0.352 e. The molecule has 0 radical (unpaired) electrons. The number of aromatic amines is 1. The third-order valence-corrected chi connectivity index (χ3v) is 7.19. The highest BCUT2D eigenvalue weighted by atomic mass is 19.1. The molecule has 0 unspecified atom stereocenters. The molecule has 1 atom stereocenters. The van der Waals surface area contributed by atoms with Crippen LogP contribution < -0.4 is 15.5 Å². The van der Waals surface area contributed by atoms with Gasteiger partial charge in [-0.2, -0.15) is 9.97 Å². The lowest BCUT2D eigenvalue weighted by Gasteiger charge is -2.40. The van der Waals surface area contributed by atoms with E-state index in [-0.39, 0.29) is 11.3 Å². The van der Waals surface area contributed by atoms with Crippen molar-refractivity contribution >= 4 is 23.4 Å². The zero-order valence-electron chi connectivity index (χ0n) is 20.6. The van der Waals surface area contributed by atoms with Crippen LogP contribution in [0.15, 0.2) is 45.8 Å². The van der Waals surface area contributed by atoms with E-state index in [9.17, 15) is 14.0 Å². The Labute approximate surface area is 216 Å². The van der Waals surface area contributed by atoms with Crippen molar-refractivity contribution < 1.29 is 18.7 Å². The van der Waals surface area contributed by atoms with E-state index in [1.807, 2.05) is 4.90 Å². The summed E-state index contributed by atoms with van der Waals surface area (Å²) in [4.78, 5) is 42.0. The molecule has 5 heterocycles. The van der Waals surface area contributed by atoms with Gasteiger partial charge in [0.25, 0.3) is 5.78 Å². The number of furan rings is 1. The fraction of sp³-hybridized carbons (Fsp3) is 0.400. The summed E-state index contributed by atoms with van der Waals surface area (Å²) >= 11 is 0. The van der Waals surface area contributed by atoms with Gasteiger partial charge in [-0.1, -0.05) is 0 Å². The van der Waals surface area contributed by atoms with Crippen molar-refractivity contribution in [2.24, 2.45) is 5.92 Å². The third kappa shape index (κ3) is 4.72. The molecule has 0 spiro atoms. The normalized spacial score (nSPS) is 18.8. The summed E-state index contributed by atoms with van der Waals surface area (Å²) in [6.07, 6.45) is 3.57. The highest BCUT2D eigenvalue weighted by molar-refractivity contribution is 5.88. The van der Waals surface area contributed by atoms with Crippen molar-refractivity contribution in [2.45, 2.75) is 12.8 Å². The van der Waals surface area contributed by atoms with Gasteiger partial charge in [-0.25, -0.2) is 14.0 Å². The first-order valence-electron chi connectivity index (χ1n) is 12.6. The molecule has 38 heavy (non-hydrogen) atoms. The number of piperidine rings is 1. The van der Waals surface area contributed by atoms with Crippen molar-refractivity contribution in [1.29, 1.82) is 0 Å². The smallest absolute Gasteiger partial charge is 0.352 e. The molecule has 1 aromatic carbocycles. The molecule has 0 aliphatic carbocycles. The minimum absolute atomic E-state index is 0.0521. The molecule has 3 aromatic heterocycles. The number of fused-ring (bicyclic) bond motifs is 1. The number of carboxylic acids is 1. The van der Waals surface area contributed by atoms with Gasteiger partial charge in [0.05, 0.1) is 17.5 Å². The van der Waals surface area contributed by atoms with Gasteiger partial charge < -0.3 is 19.3 Å². The highest BCUT2D eigenvalue weighted by Crippen LogP contribution is 2.25. The first-order valence-corrected chi connectivity index (χ1v) is 12.6. The number of nitrogens with one attached hydrogen (secondary N) is 1. The minimum Gasteiger partial charge on any atom is -0.478 e. The number of hydrogen-bond acceptors (Lipinski definition) is 9. The summed E-state index contributed by atoms with van der Waals surface area (Å²) in [5.41, 5.74) is -0.0199. The number of H-pyrrole nitrogens is 1. The molecule has 0 amide bonds. The number of piperazine rings is 1. The fourth-order valence-electron chi connectivity index (χ4n) is 5.28. The minimum atomic E-state index is -1.14. The molecular weight excluding hydrogens is 495 g/mol. The van der Waals surface area contributed by atoms with Crippen molar-refractivity contribution in [1.82, 2.24) is 29.5 Å². The molecule has 12 nitrogen and oxygen atoms in total. The summed E-state index contributed by atoms with van der Waals surface area (Å²) in [7, 11) is 0. The molecule has 13 heteroatoms. The zero-order chi connectivity index (χ0) is 26.2. The lowest BCUT2D eigenvalue weighted by atomic mass is 9.97. The van der Waals surface area contributed by atoms with Crippen molar-refractivity contribution in [3.63, 3.8) is 0 Å². The molecular formula is C25H27FN8O4. The molecule has 198 valence electrons. The predicted molar refractivity (Wildman–Crippen MR) is 136 cm³/mol. The average Bonchev–Trinajstić information content (AvgIpc) is 3.60. The maximum atomic E-state index is 14.5. The number of rotatable bonds is 6. The number of carbonyl (C=O) groups is 1. The lowest BCUT2D eigenvalue weighted by Crippen LogP contribution is -2.50. The molecule has 0 bridgehead atoms. The van der Waals surface area contributed by atoms with E-state index >= 15 is 0 Å². The summed E-state index contributed by atoms with van der Waals surface area (Å²) in [5, 5.41) is 13.3. The van der Waals surface area contributed by atoms with E-state index in [4.69, 9.17) is 9.52 Å². The van der Waals surface area contributed by atoms with Crippen LogP contribution in [0.4, 0.5) is 16.0 Å². The monoisotopic (exact) mass is 522 g/mol. The Balaban J connectivity index is 1.09.